The zero-order valence-corrected chi connectivity index (χ0v) is 12.9. The van der Waals surface area contributed by atoms with Crippen LogP contribution in [0.5, 0.6) is 0 Å². The second-order valence-electron chi connectivity index (χ2n) is 4.92. The average molecular weight is 323 g/mol. The topological polar surface area (TPSA) is 106 Å². The van der Waals surface area contributed by atoms with Gasteiger partial charge in [-0.2, -0.15) is 4.98 Å². The van der Waals surface area contributed by atoms with E-state index < -0.39 is 17.7 Å². The third-order valence-electron chi connectivity index (χ3n) is 3.67. The number of hydrogen-bond donors (Lipinski definition) is 3. The maximum Gasteiger partial charge on any atom is 0.226 e. The number of aliphatic hydroxyl groups excluding tert-OH is 2. The molecular formula is C13H16BClN4O3. The lowest BCUT2D eigenvalue weighted by Gasteiger charge is -2.35. The fourth-order valence-corrected chi connectivity index (χ4v) is 2.56. The molecule has 0 aliphatic rings. The van der Waals surface area contributed by atoms with E-state index in [1.54, 1.807) is 16.8 Å². The molecule has 0 spiro atoms. The van der Waals surface area contributed by atoms with Crippen LogP contribution in [-0.2, 0) is 11.3 Å². The Morgan fingerprint density at radius 2 is 2.27 bits per heavy atom. The van der Waals surface area contributed by atoms with Crippen LogP contribution in [0.4, 0.5) is 5.82 Å². The molecule has 116 valence electrons. The molecule has 3 atom stereocenters. The van der Waals surface area contributed by atoms with Crippen LogP contribution in [0.1, 0.15) is 0 Å². The van der Waals surface area contributed by atoms with E-state index in [1.165, 1.54) is 15.0 Å². The van der Waals surface area contributed by atoms with Crippen LogP contribution >= 0.6 is 11.6 Å². The fourth-order valence-electron chi connectivity index (χ4n) is 2.39. The number of nitrogens with zero attached hydrogens (tertiary/aromatic N) is 3. The molecular weight excluding hydrogens is 306 g/mol. The molecule has 0 fully saturated rings. The quantitative estimate of drug-likeness (QED) is 0.370. The molecule has 2 rings (SSSR count). The smallest absolute Gasteiger partial charge is 0.226 e. The highest BCUT2D eigenvalue weighted by atomic mass is 35.5. The summed E-state index contributed by atoms with van der Waals surface area (Å²) < 4.78 is 6.81. The van der Waals surface area contributed by atoms with Crippen LogP contribution < -0.4 is 5.73 Å². The van der Waals surface area contributed by atoms with Crippen LogP contribution in [0.2, 0.25) is 5.28 Å². The molecule has 0 aromatic carbocycles. The molecule has 22 heavy (non-hydrogen) atoms. The average Bonchev–Trinajstić information content (AvgIpc) is 2.84. The lowest BCUT2D eigenvalue weighted by atomic mass is 9.79. The summed E-state index contributed by atoms with van der Waals surface area (Å²) in [6, 6.07) is 0.642. The van der Waals surface area contributed by atoms with Crippen molar-refractivity contribution < 1.29 is 14.9 Å². The number of hydrogen-bond acceptors (Lipinski definition) is 6. The number of terminal acetylenes is 1. The van der Waals surface area contributed by atoms with Crippen LogP contribution in [0.25, 0.3) is 11.0 Å². The number of aromatic nitrogens is 3. The molecule has 9 heteroatoms. The van der Waals surface area contributed by atoms with E-state index >= 15 is 0 Å². The minimum absolute atomic E-state index is 0.00456. The van der Waals surface area contributed by atoms with Gasteiger partial charge in [-0.05, 0) is 17.7 Å². The van der Waals surface area contributed by atoms with Crippen molar-refractivity contribution in [2.24, 2.45) is 0 Å². The lowest BCUT2D eigenvalue weighted by Crippen LogP contribution is -2.54. The highest BCUT2D eigenvalue weighted by molar-refractivity contribution is 6.28. The molecule has 1 unspecified atom stereocenters. The van der Waals surface area contributed by atoms with Crippen molar-refractivity contribution in [2.45, 2.75) is 24.3 Å². The van der Waals surface area contributed by atoms with Crippen molar-refractivity contribution in [3.8, 4) is 12.3 Å². The summed E-state index contributed by atoms with van der Waals surface area (Å²) in [6.45, 7) is 0.0409. The number of anilines is 1. The number of nitrogens with two attached hydrogens (primary N) is 1. The first kappa shape index (κ1) is 16.6. The minimum atomic E-state index is -1.53. The SMILES string of the molecule is BC(O)[C@@](C#C)(OC)[C@@H](O)Cn1ccc2c(N)nc(Cl)nc21. The summed E-state index contributed by atoms with van der Waals surface area (Å²) in [4.78, 5) is 7.96. The Kier molecular flexibility index (Phi) is 4.63. The second-order valence-corrected chi connectivity index (χ2v) is 5.25. The number of ether oxygens (including phenoxy) is 1. The molecule has 0 saturated carbocycles. The molecule has 0 amide bonds. The molecule has 0 radical (unpaired) electrons. The summed E-state index contributed by atoms with van der Waals surface area (Å²) in [7, 11) is 2.79. The van der Waals surface area contributed by atoms with E-state index in [0.717, 1.165) is 0 Å². The largest absolute Gasteiger partial charge is 0.398 e. The predicted octanol–water partition coefficient (Wildman–Crippen LogP) is -1.00. The molecule has 2 aromatic rings. The van der Waals surface area contributed by atoms with Gasteiger partial charge >= 0.3 is 0 Å². The normalized spacial score (nSPS) is 16.9. The van der Waals surface area contributed by atoms with Gasteiger partial charge in [-0.3, -0.25) is 0 Å². The van der Waals surface area contributed by atoms with E-state index in [-0.39, 0.29) is 17.6 Å². The summed E-state index contributed by atoms with van der Waals surface area (Å²) in [5.41, 5.74) is 4.71. The van der Waals surface area contributed by atoms with Crippen molar-refractivity contribution in [1.82, 2.24) is 14.5 Å². The number of methoxy groups -OCH3 is 1. The van der Waals surface area contributed by atoms with Gasteiger partial charge in [0.05, 0.1) is 17.9 Å². The number of halogens is 1. The standard InChI is InChI=1S/C13H16BClN4O3/c1-3-13(22-2,11(14)21)8(20)6-19-5-4-7-9(16)17-12(15)18-10(7)19/h1,4-5,8,11,20-21H,6,14H2,2H3,(H2,16,17,18)/t8-,11?,13-/m0/s1. The Morgan fingerprint density at radius 1 is 1.59 bits per heavy atom. The van der Waals surface area contributed by atoms with E-state index in [9.17, 15) is 10.2 Å². The monoisotopic (exact) mass is 322 g/mol. The molecule has 0 bridgehead atoms. The molecule has 0 saturated heterocycles. The van der Waals surface area contributed by atoms with Gasteiger partial charge < -0.3 is 25.3 Å². The minimum Gasteiger partial charge on any atom is -0.398 e. The third-order valence-corrected chi connectivity index (χ3v) is 3.84. The molecule has 0 aliphatic heterocycles. The van der Waals surface area contributed by atoms with Gasteiger partial charge in [-0.1, -0.05) is 5.92 Å². The first-order valence-electron chi connectivity index (χ1n) is 6.52. The first-order valence-corrected chi connectivity index (χ1v) is 6.90. The lowest BCUT2D eigenvalue weighted by molar-refractivity contribution is -0.108. The van der Waals surface area contributed by atoms with Gasteiger partial charge in [0.15, 0.2) is 5.60 Å². The van der Waals surface area contributed by atoms with Crippen molar-refractivity contribution in [3.05, 3.63) is 17.5 Å². The Morgan fingerprint density at radius 3 is 2.82 bits per heavy atom. The van der Waals surface area contributed by atoms with Gasteiger partial charge in [-0.25, -0.2) is 4.98 Å². The van der Waals surface area contributed by atoms with Crippen LogP contribution in [0.15, 0.2) is 12.3 Å². The number of fused-ring (bicyclic) bond motifs is 1. The number of nitrogen functional groups attached to an aromatic ring is 1. The molecule has 2 aromatic heterocycles. The van der Waals surface area contributed by atoms with Crippen LogP contribution in [0.3, 0.4) is 0 Å². The Balaban J connectivity index is 2.41. The van der Waals surface area contributed by atoms with Crippen molar-refractivity contribution in [1.29, 1.82) is 0 Å². The van der Waals surface area contributed by atoms with Crippen LogP contribution in [0, 0.1) is 12.3 Å². The van der Waals surface area contributed by atoms with E-state index in [4.69, 9.17) is 28.5 Å². The summed E-state index contributed by atoms with van der Waals surface area (Å²) in [6.07, 6.45) is 5.94. The van der Waals surface area contributed by atoms with Gasteiger partial charge in [-0.15, -0.1) is 6.42 Å². The Hall–Kier alpha value is -1.79. The van der Waals surface area contributed by atoms with E-state index in [0.29, 0.717) is 11.0 Å². The number of rotatable bonds is 5. The van der Waals surface area contributed by atoms with E-state index in [2.05, 4.69) is 15.9 Å². The molecule has 4 N–H and O–H groups in total. The van der Waals surface area contributed by atoms with E-state index in [1.807, 2.05) is 0 Å². The maximum absolute atomic E-state index is 10.4. The van der Waals surface area contributed by atoms with Crippen LogP contribution in [-0.4, -0.2) is 57.4 Å². The summed E-state index contributed by atoms with van der Waals surface area (Å²) >= 11 is 5.81. The first-order chi connectivity index (χ1) is 10.4. The maximum atomic E-state index is 10.4. The molecule has 0 aliphatic carbocycles. The second kappa shape index (κ2) is 6.14. The van der Waals surface area contributed by atoms with Gasteiger partial charge in [0.1, 0.15) is 25.4 Å². The van der Waals surface area contributed by atoms with Gasteiger partial charge in [0, 0.05) is 13.3 Å². The summed E-state index contributed by atoms with van der Waals surface area (Å²) in [5.74, 6) is 2.57. The highest BCUT2D eigenvalue weighted by Gasteiger charge is 2.41. The van der Waals surface area contributed by atoms with Crippen molar-refractivity contribution in [2.75, 3.05) is 12.8 Å². The van der Waals surface area contributed by atoms with Gasteiger partial charge in [0.25, 0.3) is 0 Å². The number of aliphatic hydroxyl groups is 2. The van der Waals surface area contributed by atoms with Crippen molar-refractivity contribution in [3.63, 3.8) is 0 Å². The zero-order valence-electron chi connectivity index (χ0n) is 12.2. The molecule has 2 heterocycles. The zero-order chi connectivity index (χ0) is 16.5. The molecule has 7 nitrogen and oxygen atoms in total. The van der Waals surface area contributed by atoms with Gasteiger partial charge in [0.2, 0.25) is 5.28 Å². The highest BCUT2D eigenvalue weighted by Crippen LogP contribution is 2.24. The van der Waals surface area contributed by atoms with Crippen molar-refractivity contribution >= 4 is 36.3 Å². The Labute approximate surface area is 133 Å². The fraction of sp³-hybridized carbons (Fsp3) is 0.385. The summed E-state index contributed by atoms with van der Waals surface area (Å²) in [5, 5.41) is 20.9. The third kappa shape index (κ3) is 2.64. The Bertz CT molecular complexity index is 730. The predicted molar refractivity (Wildman–Crippen MR) is 86.1 cm³/mol.